The van der Waals surface area contributed by atoms with Gasteiger partial charge in [0, 0.05) is 12.1 Å². The van der Waals surface area contributed by atoms with Crippen LogP contribution in [-0.4, -0.2) is 17.0 Å². The van der Waals surface area contributed by atoms with Gasteiger partial charge in [0.15, 0.2) is 0 Å². The zero-order valence-corrected chi connectivity index (χ0v) is 15.4. The topological polar surface area (TPSA) is 75.6 Å². The summed E-state index contributed by atoms with van der Waals surface area (Å²) in [6, 6.07) is 15.4. The molecule has 0 bridgehead atoms. The van der Waals surface area contributed by atoms with E-state index in [4.69, 9.17) is 9.84 Å². The molecule has 1 amide bonds. The quantitative estimate of drug-likeness (QED) is 0.736. The van der Waals surface area contributed by atoms with Crippen molar-refractivity contribution in [1.29, 1.82) is 0 Å². The number of carbonyl (C=O) groups excluding carboxylic acids is 1. The summed E-state index contributed by atoms with van der Waals surface area (Å²) < 4.78 is 5.78. The van der Waals surface area contributed by atoms with Crippen molar-refractivity contribution in [2.75, 3.05) is 5.32 Å². The molecule has 0 atom stereocenters. The van der Waals surface area contributed by atoms with Gasteiger partial charge in [-0.15, -0.1) is 0 Å². The molecule has 0 unspecified atom stereocenters. The number of aliphatic carboxylic acids is 1. The molecule has 0 radical (unpaired) electrons. The van der Waals surface area contributed by atoms with Crippen LogP contribution in [0.2, 0.25) is 0 Å². The number of rotatable bonds is 8. The fraction of sp³-hybridized carbons (Fsp3) is 0.333. The number of hydrogen-bond acceptors (Lipinski definition) is 3. The number of amides is 1. The van der Waals surface area contributed by atoms with E-state index in [-0.39, 0.29) is 18.7 Å². The van der Waals surface area contributed by atoms with Crippen LogP contribution in [0.5, 0.6) is 5.75 Å². The Morgan fingerprint density at radius 2 is 1.77 bits per heavy atom. The smallest absolute Gasteiger partial charge is 0.303 e. The molecule has 2 rings (SSSR count). The molecule has 0 aliphatic rings. The van der Waals surface area contributed by atoms with Gasteiger partial charge in [0.05, 0.1) is 6.42 Å². The van der Waals surface area contributed by atoms with Crippen LogP contribution in [0.3, 0.4) is 0 Å². The molecule has 2 N–H and O–H groups in total. The molecule has 0 fully saturated rings. The van der Waals surface area contributed by atoms with Gasteiger partial charge in [-0.3, -0.25) is 9.59 Å². The van der Waals surface area contributed by atoms with Crippen LogP contribution in [0.1, 0.15) is 37.8 Å². The SMILES string of the molecule is Cc1cc(OCc2ccccc2)ccc1NC(=O)CC(C)(C)CC(=O)O. The Hall–Kier alpha value is -2.82. The highest BCUT2D eigenvalue weighted by Gasteiger charge is 2.25. The Morgan fingerprint density at radius 3 is 2.38 bits per heavy atom. The second-order valence-corrected chi connectivity index (χ2v) is 7.21. The minimum atomic E-state index is -0.904. The van der Waals surface area contributed by atoms with Gasteiger partial charge < -0.3 is 15.2 Å². The standard InChI is InChI=1S/C21H25NO4/c1-15-11-17(26-14-16-7-5-4-6-8-16)9-10-18(15)22-19(23)12-21(2,3)13-20(24)25/h4-11H,12-14H2,1-3H3,(H,22,23)(H,24,25). The van der Waals surface area contributed by atoms with Crippen LogP contribution in [0.25, 0.3) is 0 Å². The molecule has 0 aliphatic heterocycles. The highest BCUT2D eigenvalue weighted by molar-refractivity contribution is 5.92. The highest BCUT2D eigenvalue weighted by atomic mass is 16.5. The molecule has 0 aliphatic carbocycles. The first-order valence-electron chi connectivity index (χ1n) is 8.54. The van der Waals surface area contributed by atoms with Crippen molar-refractivity contribution in [2.24, 2.45) is 5.41 Å². The second-order valence-electron chi connectivity index (χ2n) is 7.21. The minimum Gasteiger partial charge on any atom is -0.489 e. The Balaban J connectivity index is 1.94. The maximum absolute atomic E-state index is 12.2. The first-order chi connectivity index (χ1) is 12.2. The predicted octanol–water partition coefficient (Wildman–Crippen LogP) is 4.40. The van der Waals surface area contributed by atoms with Crippen molar-refractivity contribution in [3.8, 4) is 5.75 Å². The Bertz CT molecular complexity index is 769. The summed E-state index contributed by atoms with van der Waals surface area (Å²) in [7, 11) is 0. The molecule has 0 saturated carbocycles. The zero-order valence-electron chi connectivity index (χ0n) is 15.4. The summed E-state index contributed by atoms with van der Waals surface area (Å²) in [5, 5.41) is 11.8. The molecule has 2 aromatic carbocycles. The van der Waals surface area contributed by atoms with Crippen LogP contribution in [-0.2, 0) is 16.2 Å². The van der Waals surface area contributed by atoms with Crippen LogP contribution in [0, 0.1) is 12.3 Å². The molecule has 26 heavy (non-hydrogen) atoms. The van der Waals surface area contributed by atoms with E-state index in [1.54, 1.807) is 19.9 Å². The highest BCUT2D eigenvalue weighted by Crippen LogP contribution is 2.27. The maximum Gasteiger partial charge on any atom is 0.303 e. The molecule has 2 aromatic rings. The lowest BCUT2D eigenvalue weighted by Crippen LogP contribution is -2.25. The summed E-state index contributed by atoms with van der Waals surface area (Å²) in [6.45, 7) is 5.92. The fourth-order valence-corrected chi connectivity index (χ4v) is 2.71. The number of carboxylic acid groups (broad SMARTS) is 1. The Morgan fingerprint density at radius 1 is 1.08 bits per heavy atom. The van der Waals surface area contributed by atoms with Gasteiger partial charge in [0.2, 0.25) is 5.91 Å². The molecule has 5 nitrogen and oxygen atoms in total. The third-order valence-corrected chi connectivity index (χ3v) is 3.99. The van der Waals surface area contributed by atoms with E-state index in [1.807, 2.05) is 49.4 Å². The van der Waals surface area contributed by atoms with Crippen molar-refractivity contribution in [3.63, 3.8) is 0 Å². The zero-order chi connectivity index (χ0) is 19.2. The minimum absolute atomic E-state index is 0.0499. The van der Waals surface area contributed by atoms with Crippen LogP contribution >= 0.6 is 0 Å². The fourth-order valence-electron chi connectivity index (χ4n) is 2.71. The molecule has 0 heterocycles. The van der Waals surface area contributed by atoms with Gasteiger partial charge in [0.25, 0.3) is 0 Å². The third-order valence-electron chi connectivity index (χ3n) is 3.99. The summed E-state index contributed by atoms with van der Waals surface area (Å²) in [5.41, 5.74) is 2.08. The van der Waals surface area contributed by atoms with E-state index in [2.05, 4.69) is 5.32 Å². The van der Waals surface area contributed by atoms with Crippen LogP contribution in [0.15, 0.2) is 48.5 Å². The predicted molar refractivity (Wildman–Crippen MR) is 101 cm³/mol. The molecule has 5 heteroatoms. The van der Waals surface area contributed by atoms with E-state index in [1.165, 1.54) is 0 Å². The average Bonchev–Trinajstić information content (AvgIpc) is 2.54. The molecule has 0 aromatic heterocycles. The number of benzene rings is 2. The summed E-state index contributed by atoms with van der Waals surface area (Å²) in [6.07, 6.45) is 0.0939. The molecular weight excluding hydrogens is 330 g/mol. The van der Waals surface area contributed by atoms with E-state index < -0.39 is 11.4 Å². The number of hydrogen-bond donors (Lipinski definition) is 2. The number of carbonyl (C=O) groups is 2. The first kappa shape index (κ1) is 19.5. The van der Waals surface area contributed by atoms with E-state index >= 15 is 0 Å². The summed E-state index contributed by atoms with van der Waals surface area (Å²) >= 11 is 0. The van der Waals surface area contributed by atoms with Crippen molar-refractivity contribution >= 4 is 17.6 Å². The van der Waals surface area contributed by atoms with Crippen molar-refractivity contribution in [2.45, 2.75) is 40.2 Å². The molecule has 0 spiro atoms. The lowest BCUT2D eigenvalue weighted by Gasteiger charge is -2.21. The van der Waals surface area contributed by atoms with E-state index in [0.29, 0.717) is 12.3 Å². The molecule has 0 saturated heterocycles. The number of anilines is 1. The molecular formula is C21H25NO4. The van der Waals surface area contributed by atoms with E-state index in [9.17, 15) is 9.59 Å². The van der Waals surface area contributed by atoms with Gasteiger partial charge in [-0.05, 0) is 41.7 Å². The van der Waals surface area contributed by atoms with Gasteiger partial charge in [0.1, 0.15) is 12.4 Å². The lowest BCUT2D eigenvalue weighted by atomic mass is 9.85. The third kappa shape index (κ3) is 6.24. The number of aryl methyl sites for hydroxylation is 1. The Kier molecular flexibility index (Phi) is 6.39. The normalized spacial score (nSPS) is 11.0. The Labute approximate surface area is 154 Å². The first-order valence-corrected chi connectivity index (χ1v) is 8.54. The number of ether oxygens (including phenoxy) is 1. The average molecular weight is 355 g/mol. The van der Waals surface area contributed by atoms with Gasteiger partial charge in [-0.25, -0.2) is 0 Å². The van der Waals surface area contributed by atoms with E-state index in [0.717, 1.165) is 16.9 Å². The van der Waals surface area contributed by atoms with Gasteiger partial charge >= 0.3 is 5.97 Å². The summed E-state index contributed by atoms with van der Waals surface area (Å²) in [4.78, 5) is 23.1. The molecule has 138 valence electrons. The van der Waals surface area contributed by atoms with Crippen molar-refractivity contribution in [1.82, 2.24) is 0 Å². The van der Waals surface area contributed by atoms with Gasteiger partial charge in [-0.2, -0.15) is 0 Å². The number of nitrogens with one attached hydrogen (secondary N) is 1. The van der Waals surface area contributed by atoms with Crippen LogP contribution < -0.4 is 10.1 Å². The van der Waals surface area contributed by atoms with Gasteiger partial charge in [-0.1, -0.05) is 44.2 Å². The van der Waals surface area contributed by atoms with Crippen LogP contribution in [0.4, 0.5) is 5.69 Å². The monoisotopic (exact) mass is 355 g/mol. The summed E-state index contributed by atoms with van der Waals surface area (Å²) in [5.74, 6) is -0.369. The largest absolute Gasteiger partial charge is 0.489 e. The lowest BCUT2D eigenvalue weighted by molar-refractivity contribution is -0.139. The maximum atomic E-state index is 12.2. The second kappa shape index (κ2) is 8.52. The van der Waals surface area contributed by atoms with Crippen molar-refractivity contribution in [3.05, 3.63) is 59.7 Å². The number of carboxylic acids is 1. The van der Waals surface area contributed by atoms with Crippen molar-refractivity contribution < 1.29 is 19.4 Å².